The number of piperidine rings is 1. The molecule has 0 spiro atoms. The van der Waals surface area contributed by atoms with E-state index in [2.05, 4.69) is 45.6 Å². The molecule has 1 saturated heterocycles. The zero-order chi connectivity index (χ0) is 42.0. The minimum absolute atomic E-state index is 0.0354. The predicted molar refractivity (Wildman–Crippen MR) is 229 cm³/mol. The van der Waals surface area contributed by atoms with Crippen LogP contribution in [0.1, 0.15) is 73.9 Å². The number of benzene rings is 3. The fourth-order valence-corrected chi connectivity index (χ4v) is 9.15. The van der Waals surface area contributed by atoms with Crippen LogP contribution in [-0.2, 0) is 16.6 Å². The molecule has 3 aromatic carbocycles. The Morgan fingerprint density at radius 2 is 1.85 bits per heavy atom. The average Bonchev–Trinajstić information content (AvgIpc) is 3.93. The number of halogens is 1. The molecule has 2 N–H and O–H groups in total. The maximum absolute atomic E-state index is 13.9. The van der Waals surface area contributed by atoms with Crippen molar-refractivity contribution in [1.82, 2.24) is 14.7 Å². The van der Waals surface area contributed by atoms with E-state index >= 15 is 0 Å². The van der Waals surface area contributed by atoms with Gasteiger partial charge in [0.2, 0.25) is 0 Å². The van der Waals surface area contributed by atoms with Gasteiger partial charge >= 0.3 is 5.69 Å². The van der Waals surface area contributed by atoms with Gasteiger partial charge in [0, 0.05) is 53.1 Å². The first kappa shape index (κ1) is 40.7. The van der Waals surface area contributed by atoms with Crippen molar-refractivity contribution in [3.63, 3.8) is 0 Å². The van der Waals surface area contributed by atoms with Gasteiger partial charge in [-0.1, -0.05) is 43.2 Å². The van der Waals surface area contributed by atoms with Crippen molar-refractivity contribution in [3.8, 4) is 17.2 Å². The quantitative estimate of drug-likeness (QED) is 0.0842. The van der Waals surface area contributed by atoms with Crippen molar-refractivity contribution >= 4 is 55.5 Å². The normalized spacial score (nSPS) is 15.9. The van der Waals surface area contributed by atoms with E-state index in [1.807, 2.05) is 18.2 Å². The molecule has 1 aliphatic carbocycles. The number of pyridine rings is 1. The second-order valence-electron chi connectivity index (χ2n) is 16.2. The van der Waals surface area contributed by atoms with Crippen LogP contribution in [0.3, 0.4) is 0 Å². The monoisotopic (exact) mass is 849 g/mol. The van der Waals surface area contributed by atoms with E-state index in [4.69, 9.17) is 25.5 Å². The summed E-state index contributed by atoms with van der Waals surface area (Å²) in [5, 5.41) is 13.5. The third kappa shape index (κ3) is 9.19. The van der Waals surface area contributed by atoms with E-state index in [1.165, 1.54) is 47.6 Å². The maximum atomic E-state index is 13.9. The summed E-state index contributed by atoms with van der Waals surface area (Å²) in [6.07, 6.45) is 12.4. The molecule has 4 heterocycles. The number of amides is 1. The largest absolute Gasteiger partial charge is 0.482 e. The number of carbonyl (C=O) groups excluding carboxylic acids is 1. The number of rotatable bonds is 13. The van der Waals surface area contributed by atoms with E-state index < -0.39 is 31.4 Å². The molecule has 2 aliphatic rings. The van der Waals surface area contributed by atoms with Crippen LogP contribution in [-0.4, -0.2) is 42.3 Å². The number of allylic oxidation sites excluding steroid dienone is 2. The van der Waals surface area contributed by atoms with Crippen LogP contribution in [0, 0.1) is 21.4 Å². The number of fused-ring (bicyclic) bond motifs is 1. The Bertz CT molecular complexity index is 2690. The van der Waals surface area contributed by atoms with Gasteiger partial charge in [-0.3, -0.25) is 14.9 Å². The topological polar surface area (TPSA) is 170 Å². The summed E-state index contributed by atoms with van der Waals surface area (Å²) >= 11 is 6.24. The number of nitro groups is 1. The highest BCUT2D eigenvalue weighted by Crippen LogP contribution is 2.46. The Kier molecular flexibility index (Phi) is 11.4. The minimum Gasteiger partial charge on any atom is -0.482 e. The Labute approximate surface area is 352 Å². The SMILES string of the molecule is CC1(C)CCC(CC2CCN(c3ccc(C(=O)NS(=O)(=O)c4ccc(OCc5ccoc5)c([N+](=O)[O-])c4)c(Oc4cnc5[nH]ccc5c4)c3)CC2)=C(c2ccc(Cl)cc2)C1. The molecular formula is C45H44ClN5O8S. The van der Waals surface area contributed by atoms with Crippen molar-refractivity contribution in [2.75, 3.05) is 18.0 Å². The van der Waals surface area contributed by atoms with Crippen LogP contribution < -0.4 is 19.1 Å². The molecule has 310 valence electrons. The van der Waals surface area contributed by atoms with Crippen molar-refractivity contribution in [1.29, 1.82) is 0 Å². The molecule has 15 heteroatoms. The van der Waals surface area contributed by atoms with Crippen molar-refractivity contribution in [2.45, 2.75) is 63.9 Å². The summed E-state index contributed by atoms with van der Waals surface area (Å²) in [6.45, 7) is 6.22. The molecule has 0 unspecified atom stereocenters. The Morgan fingerprint density at radius 1 is 1.05 bits per heavy atom. The number of ether oxygens (including phenoxy) is 2. The molecule has 60 heavy (non-hydrogen) atoms. The van der Waals surface area contributed by atoms with E-state index in [1.54, 1.807) is 30.5 Å². The van der Waals surface area contributed by atoms with E-state index in [9.17, 15) is 23.3 Å². The van der Waals surface area contributed by atoms with Gasteiger partial charge in [0.1, 0.15) is 23.8 Å². The summed E-state index contributed by atoms with van der Waals surface area (Å²) in [4.78, 5) is 34.3. The summed E-state index contributed by atoms with van der Waals surface area (Å²) in [7, 11) is -4.60. The molecular weight excluding hydrogens is 806 g/mol. The standard InChI is InChI=1S/C45H44ClN5O8S/c1-45(2)16-11-32(39(25-45)31-3-5-34(46)6-4-31)21-29-13-18-50(19-14-29)35-7-9-38(42(23-35)59-36-22-33-12-17-47-43(33)48-26-36)44(52)49-60(55,56)37-8-10-41(40(24-37)51(53)54)58-28-30-15-20-57-27-30/h3-10,12,15,17,20,22-24,26-27,29H,11,13-14,16,18-19,21,25,28H2,1-2H3,(H,47,48)(H,49,52). The van der Waals surface area contributed by atoms with Crippen molar-refractivity contribution in [3.05, 3.63) is 141 Å². The maximum Gasteiger partial charge on any atom is 0.312 e. The van der Waals surface area contributed by atoms with Gasteiger partial charge in [0.15, 0.2) is 5.75 Å². The zero-order valence-corrected chi connectivity index (χ0v) is 34.7. The first-order chi connectivity index (χ1) is 28.8. The number of sulfonamides is 1. The summed E-state index contributed by atoms with van der Waals surface area (Å²) < 4.78 is 46.1. The average molecular weight is 850 g/mol. The smallest absolute Gasteiger partial charge is 0.312 e. The molecule has 1 amide bonds. The van der Waals surface area contributed by atoms with Crippen LogP contribution in [0.4, 0.5) is 11.4 Å². The zero-order valence-electron chi connectivity index (χ0n) is 33.2. The number of nitrogens with one attached hydrogen (secondary N) is 2. The second kappa shape index (κ2) is 16.9. The lowest BCUT2D eigenvalue weighted by atomic mass is 9.70. The molecule has 1 aliphatic heterocycles. The van der Waals surface area contributed by atoms with Crippen molar-refractivity contribution in [2.24, 2.45) is 11.3 Å². The number of aromatic amines is 1. The lowest BCUT2D eigenvalue weighted by Gasteiger charge is -2.37. The van der Waals surface area contributed by atoms with Crippen molar-refractivity contribution < 1.29 is 32.0 Å². The van der Waals surface area contributed by atoms with Gasteiger partial charge in [-0.15, -0.1) is 0 Å². The van der Waals surface area contributed by atoms with Gasteiger partial charge in [-0.2, -0.15) is 0 Å². The lowest BCUT2D eigenvalue weighted by Crippen LogP contribution is -2.34. The number of anilines is 1. The van der Waals surface area contributed by atoms with Gasteiger partial charge < -0.3 is 23.8 Å². The molecule has 8 rings (SSSR count). The third-order valence-corrected chi connectivity index (χ3v) is 12.9. The van der Waals surface area contributed by atoms with Gasteiger partial charge in [-0.25, -0.2) is 18.1 Å². The highest BCUT2D eigenvalue weighted by Gasteiger charge is 2.31. The highest BCUT2D eigenvalue weighted by atomic mass is 35.5. The molecule has 3 aromatic heterocycles. The number of nitro benzene ring substituents is 1. The summed E-state index contributed by atoms with van der Waals surface area (Å²) in [5.41, 5.74) is 5.94. The number of H-pyrrole nitrogens is 1. The molecule has 0 radical (unpaired) electrons. The molecule has 6 aromatic rings. The molecule has 0 atom stereocenters. The molecule has 13 nitrogen and oxygen atoms in total. The van der Waals surface area contributed by atoms with Gasteiger partial charge in [0.25, 0.3) is 15.9 Å². The van der Waals surface area contributed by atoms with Crippen LogP contribution in [0.15, 0.2) is 119 Å². The predicted octanol–water partition coefficient (Wildman–Crippen LogP) is 10.5. The number of nitrogens with zero attached hydrogens (tertiary/aromatic N) is 3. The second-order valence-corrected chi connectivity index (χ2v) is 18.3. The van der Waals surface area contributed by atoms with Crippen LogP contribution in [0.2, 0.25) is 5.02 Å². The highest BCUT2D eigenvalue weighted by molar-refractivity contribution is 7.90. The summed E-state index contributed by atoms with van der Waals surface area (Å²) in [5.74, 6) is -0.146. The number of furan rings is 1. The number of hydrogen-bond acceptors (Lipinski definition) is 10. The first-order valence-electron chi connectivity index (χ1n) is 19.8. The first-order valence-corrected chi connectivity index (χ1v) is 21.6. The lowest BCUT2D eigenvalue weighted by molar-refractivity contribution is -0.386. The van der Waals surface area contributed by atoms with Crippen LogP contribution in [0.25, 0.3) is 16.6 Å². The Morgan fingerprint density at radius 3 is 2.60 bits per heavy atom. The van der Waals surface area contributed by atoms with E-state index in [-0.39, 0.29) is 29.1 Å². The van der Waals surface area contributed by atoms with Crippen LogP contribution >= 0.6 is 11.6 Å². The fourth-order valence-electron chi connectivity index (χ4n) is 8.04. The van der Waals surface area contributed by atoms with Gasteiger partial charge in [-0.05, 0) is 116 Å². The third-order valence-electron chi connectivity index (χ3n) is 11.3. The van der Waals surface area contributed by atoms with E-state index in [0.29, 0.717) is 22.9 Å². The molecule has 0 saturated carbocycles. The minimum atomic E-state index is -4.60. The summed E-state index contributed by atoms with van der Waals surface area (Å²) in [6, 6.07) is 21.7. The molecule has 0 bridgehead atoms. The van der Waals surface area contributed by atoms with Gasteiger partial charge in [0.05, 0.1) is 34.1 Å². The number of carbonyl (C=O) groups is 1. The number of aromatic nitrogens is 2. The van der Waals surface area contributed by atoms with E-state index in [0.717, 1.165) is 79.8 Å². The fraction of sp³-hybridized carbons (Fsp3) is 0.289. The number of hydrogen-bond donors (Lipinski definition) is 2. The Balaban J connectivity index is 1.01. The molecule has 1 fully saturated rings. The van der Waals surface area contributed by atoms with Crippen LogP contribution in [0.5, 0.6) is 17.2 Å². The Hall–Kier alpha value is -6.12.